The van der Waals surface area contributed by atoms with Crippen molar-refractivity contribution in [2.24, 2.45) is 0 Å². The SMILES string of the molecule is COc1cc2c(c(CN(C)Cc3ccncc3)c1)OC(C)C2. The molecule has 1 aromatic carbocycles. The molecule has 4 heteroatoms. The first-order chi connectivity index (χ1) is 10.7. The van der Waals surface area contributed by atoms with Crippen molar-refractivity contribution in [3.63, 3.8) is 0 Å². The van der Waals surface area contributed by atoms with Gasteiger partial charge in [0.25, 0.3) is 0 Å². The number of aromatic nitrogens is 1. The highest BCUT2D eigenvalue weighted by molar-refractivity contribution is 5.49. The Hall–Kier alpha value is -2.07. The molecule has 0 radical (unpaired) electrons. The van der Waals surface area contributed by atoms with E-state index >= 15 is 0 Å². The molecule has 0 amide bonds. The second kappa shape index (κ2) is 6.36. The van der Waals surface area contributed by atoms with Gasteiger partial charge < -0.3 is 9.47 Å². The predicted molar refractivity (Wildman–Crippen MR) is 86.2 cm³/mol. The van der Waals surface area contributed by atoms with Gasteiger partial charge in [0.15, 0.2) is 0 Å². The number of benzene rings is 1. The lowest BCUT2D eigenvalue weighted by atomic mass is 10.1. The van der Waals surface area contributed by atoms with Gasteiger partial charge in [0.2, 0.25) is 0 Å². The number of nitrogens with zero attached hydrogens (tertiary/aromatic N) is 2. The van der Waals surface area contributed by atoms with Crippen LogP contribution < -0.4 is 9.47 Å². The van der Waals surface area contributed by atoms with Gasteiger partial charge in [-0.2, -0.15) is 0 Å². The van der Waals surface area contributed by atoms with Crippen molar-refractivity contribution in [2.75, 3.05) is 14.2 Å². The second-order valence-electron chi connectivity index (χ2n) is 5.94. The molecule has 1 aromatic heterocycles. The van der Waals surface area contributed by atoms with Crippen molar-refractivity contribution in [1.82, 2.24) is 9.88 Å². The molecule has 0 bridgehead atoms. The topological polar surface area (TPSA) is 34.6 Å². The fourth-order valence-electron chi connectivity index (χ4n) is 2.96. The van der Waals surface area contributed by atoms with Crippen LogP contribution in [0.3, 0.4) is 0 Å². The van der Waals surface area contributed by atoms with Gasteiger partial charge in [-0.25, -0.2) is 0 Å². The number of fused-ring (bicyclic) bond motifs is 1. The maximum Gasteiger partial charge on any atom is 0.127 e. The molecule has 1 unspecified atom stereocenters. The van der Waals surface area contributed by atoms with Crippen LogP contribution in [-0.2, 0) is 19.5 Å². The van der Waals surface area contributed by atoms with E-state index in [1.165, 1.54) is 16.7 Å². The van der Waals surface area contributed by atoms with E-state index in [1.807, 2.05) is 24.5 Å². The van der Waals surface area contributed by atoms with Crippen LogP contribution in [0.4, 0.5) is 0 Å². The van der Waals surface area contributed by atoms with E-state index in [2.05, 4.69) is 36.0 Å². The van der Waals surface area contributed by atoms with Gasteiger partial charge in [-0.05, 0) is 43.8 Å². The molecule has 0 N–H and O–H groups in total. The maximum absolute atomic E-state index is 6.00. The molecular formula is C18H22N2O2. The summed E-state index contributed by atoms with van der Waals surface area (Å²) < 4.78 is 11.4. The standard InChI is InChI=1S/C18H22N2O2/c1-13-8-15-9-17(21-3)10-16(18(15)22-13)12-20(2)11-14-4-6-19-7-5-14/h4-7,9-10,13H,8,11-12H2,1-3H3. The zero-order chi connectivity index (χ0) is 15.5. The van der Waals surface area contributed by atoms with Crippen LogP contribution >= 0.6 is 0 Å². The van der Waals surface area contributed by atoms with Crippen molar-refractivity contribution in [3.8, 4) is 11.5 Å². The Kier molecular flexibility index (Phi) is 4.29. The lowest BCUT2D eigenvalue weighted by Crippen LogP contribution is -2.18. The van der Waals surface area contributed by atoms with E-state index in [1.54, 1.807) is 7.11 Å². The number of ether oxygens (including phenoxy) is 2. The van der Waals surface area contributed by atoms with Crippen LogP contribution in [0.1, 0.15) is 23.6 Å². The Bertz CT molecular complexity index is 643. The molecule has 4 nitrogen and oxygen atoms in total. The van der Waals surface area contributed by atoms with Crippen LogP contribution in [0.15, 0.2) is 36.7 Å². The van der Waals surface area contributed by atoms with Gasteiger partial charge in [-0.1, -0.05) is 0 Å². The number of hydrogen-bond donors (Lipinski definition) is 0. The van der Waals surface area contributed by atoms with Crippen LogP contribution in [0.25, 0.3) is 0 Å². The number of pyridine rings is 1. The molecular weight excluding hydrogens is 276 g/mol. The van der Waals surface area contributed by atoms with Crippen molar-refractivity contribution in [3.05, 3.63) is 53.3 Å². The summed E-state index contributed by atoms with van der Waals surface area (Å²) in [5.41, 5.74) is 3.70. The zero-order valence-electron chi connectivity index (χ0n) is 13.4. The molecule has 1 aliphatic rings. The van der Waals surface area contributed by atoms with Crippen molar-refractivity contribution in [2.45, 2.75) is 32.5 Å². The van der Waals surface area contributed by atoms with E-state index in [0.717, 1.165) is 31.0 Å². The molecule has 22 heavy (non-hydrogen) atoms. The van der Waals surface area contributed by atoms with E-state index in [9.17, 15) is 0 Å². The Labute approximate surface area is 131 Å². The lowest BCUT2D eigenvalue weighted by molar-refractivity contribution is 0.245. The minimum Gasteiger partial charge on any atom is -0.497 e. The van der Waals surface area contributed by atoms with E-state index < -0.39 is 0 Å². The normalized spacial score (nSPS) is 16.5. The Morgan fingerprint density at radius 3 is 2.77 bits per heavy atom. The van der Waals surface area contributed by atoms with Gasteiger partial charge in [0, 0.05) is 43.0 Å². The van der Waals surface area contributed by atoms with Gasteiger partial charge in [0.1, 0.15) is 17.6 Å². The van der Waals surface area contributed by atoms with Crippen LogP contribution in [-0.4, -0.2) is 30.1 Å². The highest BCUT2D eigenvalue weighted by Gasteiger charge is 2.23. The summed E-state index contributed by atoms with van der Waals surface area (Å²) in [6, 6.07) is 8.27. The molecule has 1 atom stereocenters. The van der Waals surface area contributed by atoms with Crippen molar-refractivity contribution < 1.29 is 9.47 Å². The number of rotatable bonds is 5. The molecule has 0 saturated carbocycles. The molecule has 116 valence electrons. The molecule has 2 aromatic rings. The van der Waals surface area contributed by atoms with Gasteiger partial charge >= 0.3 is 0 Å². The van der Waals surface area contributed by atoms with Crippen molar-refractivity contribution >= 4 is 0 Å². The summed E-state index contributed by atoms with van der Waals surface area (Å²) in [7, 11) is 3.83. The third-order valence-corrected chi connectivity index (χ3v) is 3.92. The number of methoxy groups -OCH3 is 1. The average molecular weight is 298 g/mol. The zero-order valence-corrected chi connectivity index (χ0v) is 13.4. The molecule has 0 saturated heterocycles. The van der Waals surface area contributed by atoms with E-state index in [0.29, 0.717) is 0 Å². The van der Waals surface area contributed by atoms with E-state index in [-0.39, 0.29) is 6.10 Å². The summed E-state index contributed by atoms with van der Waals surface area (Å²) in [6.07, 6.45) is 4.86. The fraction of sp³-hybridized carbons (Fsp3) is 0.389. The third-order valence-electron chi connectivity index (χ3n) is 3.92. The molecule has 2 heterocycles. The summed E-state index contributed by atoms with van der Waals surface area (Å²) in [5, 5.41) is 0. The van der Waals surface area contributed by atoms with Gasteiger partial charge in [-0.3, -0.25) is 9.88 Å². The summed E-state index contributed by atoms with van der Waals surface area (Å²) >= 11 is 0. The monoisotopic (exact) mass is 298 g/mol. The van der Waals surface area contributed by atoms with Gasteiger partial charge in [0.05, 0.1) is 7.11 Å². The van der Waals surface area contributed by atoms with Crippen LogP contribution in [0.5, 0.6) is 11.5 Å². The third kappa shape index (κ3) is 3.22. The Balaban J connectivity index is 1.78. The first kappa shape index (κ1) is 14.9. The van der Waals surface area contributed by atoms with Gasteiger partial charge in [-0.15, -0.1) is 0 Å². The Morgan fingerprint density at radius 1 is 1.27 bits per heavy atom. The molecule has 0 spiro atoms. The number of hydrogen-bond acceptors (Lipinski definition) is 4. The quantitative estimate of drug-likeness (QED) is 0.850. The highest BCUT2D eigenvalue weighted by atomic mass is 16.5. The van der Waals surface area contributed by atoms with Crippen molar-refractivity contribution in [1.29, 1.82) is 0 Å². The first-order valence-electron chi connectivity index (χ1n) is 7.59. The predicted octanol–water partition coefficient (Wildman–Crippen LogP) is 3.05. The summed E-state index contributed by atoms with van der Waals surface area (Å²) in [5.74, 6) is 1.94. The molecule has 3 rings (SSSR count). The molecule has 0 fully saturated rings. The van der Waals surface area contributed by atoms with E-state index in [4.69, 9.17) is 9.47 Å². The maximum atomic E-state index is 6.00. The second-order valence-corrected chi connectivity index (χ2v) is 5.94. The molecule has 0 aliphatic carbocycles. The highest BCUT2D eigenvalue weighted by Crippen LogP contribution is 2.36. The van der Waals surface area contributed by atoms with Crippen LogP contribution in [0, 0.1) is 0 Å². The van der Waals surface area contributed by atoms with Crippen LogP contribution in [0.2, 0.25) is 0 Å². The summed E-state index contributed by atoms with van der Waals surface area (Å²) in [6.45, 7) is 3.82. The molecule has 1 aliphatic heterocycles. The average Bonchev–Trinajstić information content (AvgIpc) is 2.88. The fourth-order valence-corrected chi connectivity index (χ4v) is 2.96. The first-order valence-corrected chi connectivity index (χ1v) is 7.59. The summed E-state index contributed by atoms with van der Waals surface area (Å²) in [4.78, 5) is 6.33. The smallest absolute Gasteiger partial charge is 0.127 e. The largest absolute Gasteiger partial charge is 0.497 e. The minimum absolute atomic E-state index is 0.242. The minimum atomic E-state index is 0.242. The Morgan fingerprint density at radius 2 is 2.05 bits per heavy atom. The lowest BCUT2D eigenvalue weighted by Gasteiger charge is -2.19.